The Morgan fingerprint density at radius 2 is 2.57 bits per heavy atom. The Kier molecular flexibility index (Phi) is 1.19. The number of allylic oxidation sites excluding steroid dienone is 1. The number of rotatable bonds is 0. The predicted molar refractivity (Wildman–Crippen MR) is 30.9 cm³/mol. The van der Waals surface area contributed by atoms with Gasteiger partial charge in [0.05, 0.1) is 5.75 Å². The molecule has 0 aromatic rings. The van der Waals surface area contributed by atoms with Gasteiger partial charge in [0.2, 0.25) is 0 Å². The third-order valence-electron chi connectivity index (χ3n) is 0.798. The molecular formula is C5H5OS. The lowest BCUT2D eigenvalue weighted by atomic mass is 10.3. The Morgan fingerprint density at radius 3 is 2.71 bits per heavy atom. The molecule has 0 amide bonds. The van der Waals surface area contributed by atoms with Gasteiger partial charge >= 0.3 is 0 Å². The second-order valence-electron chi connectivity index (χ2n) is 1.38. The molecule has 0 aromatic heterocycles. The Balaban J connectivity index is 2.72. The summed E-state index contributed by atoms with van der Waals surface area (Å²) >= 11 is 1.52. The molecule has 0 unspecified atom stereocenters. The van der Waals surface area contributed by atoms with Crippen LogP contribution in [0.5, 0.6) is 0 Å². The van der Waals surface area contributed by atoms with Crippen molar-refractivity contribution in [2.24, 2.45) is 0 Å². The third-order valence-corrected chi connectivity index (χ3v) is 1.68. The van der Waals surface area contributed by atoms with Crippen molar-refractivity contribution in [1.82, 2.24) is 0 Å². The second kappa shape index (κ2) is 1.70. The Morgan fingerprint density at radius 1 is 1.86 bits per heavy atom. The minimum Gasteiger partial charge on any atom is -0.294 e. The molecule has 0 aliphatic carbocycles. The first-order chi connectivity index (χ1) is 3.30. The number of ketones is 1. The number of carbonyl (C=O) groups is 1. The Labute approximate surface area is 46.8 Å². The molecule has 0 N–H and O–H groups in total. The van der Waals surface area contributed by atoms with Gasteiger partial charge in [0.25, 0.3) is 0 Å². The van der Waals surface area contributed by atoms with E-state index in [1.54, 1.807) is 5.41 Å². The van der Waals surface area contributed by atoms with Crippen molar-refractivity contribution >= 4 is 17.5 Å². The van der Waals surface area contributed by atoms with Crippen LogP contribution in [0.15, 0.2) is 11.0 Å². The number of carbonyl (C=O) groups excluding carboxylic acids is 1. The van der Waals surface area contributed by atoms with Crippen molar-refractivity contribution in [2.45, 2.75) is 0 Å². The summed E-state index contributed by atoms with van der Waals surface area (Å²) in [6.45, 7) is 3.51. The zero-order valence-electron chi connectivity index (χ0n) is 3.81. The van der Waals surface area contributed by atoms with Crippen LogP contribution in [0.4, 0.5) is 0 Å². The molecule has 0 atom stereocenters. The van der Waals surface area contributed by atoms with Gasteiger partial charge in [0, 0.05) is 5.57 Å². The van der Waals surface area contributed by atoms with Crippen LogP contribution < -0.4 is 0 Å². The zero-order valence-corrected chi connectivity index (χ0v) is 4.62. The molecule has 37 valence electrons. The van der Waals surface area contributed by atoms with Crippen LogP contribution in [0.2, 0.25) is 0 Å². The second-order valence-corrected chi connectivity index (χ2v) is 2.23. The molecule has 0 fully saturated rings. The fourth-order valence-electron chi connectivity index (χ4n) is 0.376. The standard InChI is InChI=1S/C5H5OS/c1-4-2-7-3-5(4)6/h2H,1,3H2. The molecule has 0 bridgehead atoms. The fourth-order valence-corrected chi connectivity index (χ4v) is 1.13. The lowest BCUT2D eigenvalue weighted by Gasteiger charge is -1.79. The quantitative estimate of drug-likeness (QED) is 0.466. The monoisotopic (exact) mass is 113 g/mol. The normalized spacial score (nSPS) is 20.1. The average Bonchev–Trinajstić information content (AvgIpc) is 1.91. The maximum atomic E-state index is 10.4. The summed E-state index contributed by atoms with van der Waals surface area (Å²) in [5.74, 6) is 0.767. The summed E-state index contributed by atoms with van der Waals surface area (Å²) < 4.78 is 0. The van der Waals surface area contributed by atoms with Gasteiger partial charge < -0.3 is 0 Å². The van der Waals surface area contributed by atoms with Crippen LogP contribution in [-0.4, -0.2) is 11.5 Å². The van der Waals surface area contributed by atoms with E-state index in [-0.39, 0.29) is 5.78 Å². The highest BCUT2D eigenvalue weighted by molar-refractivity contribution is 8.03. The van der Waals surface area contributed by atoms with Crippen molar-refractivity contribution in [2.75, 3.05) is 5.75 Å². The molecule has 1 nitrogen and oxygen atoms in total. The lowest BCUT2D eigenvalue weighted by molar-refractivity contribution is -0.112. The number of thioether (sulfide) groups is 1. The molecule has 0 aromatic carbocycles. The smallest absolute Gasteiger partial charge is 0.169 e. The van der Waals surface area contributed by atoms with E-state index in [1.807, 2.05) is 0 Å². The number of hydrogen-bond acceptors (Lipinski definition) is 2. The highest BCUT2D eigenvalue weighted by Crippen LogP contribution is 2.16. The first kappa shape index (κ1) is 4.91. The summed E-state index contributed by atoms with van der Waals surface area (Å²) in [6, 6.07) is 0. The van der Waals surface area contributed by atoms with Crippen molar-refractivity contribution in [3.05, 3.63) is 17.9 Å². The van der Waals surface area contributed by atoms with Gasteiger partial charge in [0.15, 0.2) is 5.78 Å². The lowest BCUT2D eigenvalue weighted by Crippen LogP contribution is -1.94. The predicted octanol–water partition coefficient (Wildman–Crippen LogP) is 1.02. The van der Waals surface area contributed by atoms with Crippen molar-refractivity contribution in [3.63, 3.8) is 0 Å². The molecule has 0 spiro atoms. The summed E-state index contributed by atoms with van der Waals surface area (Å²) in [6.07, 6.45) is 0. The molecule has 1 aliphatic rings. The van der Waals surface area contributed by atoms with Crippen LogP contribution in [-0.2, 0) is 4.79 Å². The fraction of sp³-hybridized carbons (Fsp3) is 0.200. The first-order valence-corrected chi connectivity index (χ1v) is 3.02. The van der Waals surface area contributed by atoms with Crippen LogP contribution in [0.1, 0.15) is 0 Å². The molecule has 7 heavy (non-hydrogen) atoms. The van der Waals surface area contributed by atoms with E-state index in [0.717, 1.165) is 0 Å². The van der Waals surface area contributed by atoms with Crippen LogP contribution in [0.25, 0.3) is 0 Å². The number of hydrogen-bond donors (Lipinski definition) is 0. The highest BCUT2D eigenvalue weighted by atomic mass is 32.2. The molecular weight excluding hydrogens is 108 g/mol. The van der Waals surface area contributed by atoms with Gasteiger partial charge in [-0.25, -0.2) is 0 Å². The molecule has 1 radical (unpaired) electrons. The van der Waals surface area contributed by atoms with Gasteiger partial charge in [-0.1, -0.05) is 0 Å². The summed E-state index contributed by atoms with van der Waals surface area (Å²) in [5.41, 5.74) is 0.657. The molecule has 0 saturated heterocycles. The third kappa shape index (κ3) is 0.855. The van der Waals surface area contributed by atoms with Crippen LogP contribution >= 0.6 is 11.8 Å². The van der Waals surface area contributed by atoms with E-state index in [0.29, 0.717) is 11.3 Å². The van der Waals surface area contributed by atoms with Gasteiger partial charge in [-0.15, -0.1) is 11.8 Å². The minimum atomic E-state index is 0.171. The van der Waals surface area contributed by atoms with Crippen LogP contribution in [0, 0.1) is 6.92 Å². The van der Waals surface area contributed by atoms with Gasteiger partial charge in [-0.2, -0.15) is 0 Å². The molecule has 0 saturated carbocycles. The highest BCUT2D eigenvalue weighted by Gasteiger charge is 2.08. The van der Waals surface area contributed by atoms with Gasteiger partial charge in [-0.05, 0) is 12.3 Å². The summed E-state index contributed by atoms with van der Waals surface area (Å²) in [7, 11) is 0. The van der Waals surface area contributed by atoms with Crippen molar-refractivity contribution in [3.8, 4) is 0 Å². The SMILES string of the molecule is [CH2]C1=CSCC1=O. The maximum absolute atomic E-state index is 10.4. The minimum absolute atomic E-state index is 0.171. The molecule has 1 aliphatic heterocycles. The van der Waals surface area contributed by atoms with Crippen molar-refractivity contribution in [1.29, 1.82) is 0 Å². The molecule has 2 heteroatoms. The molecule has 1 rings (SSSR count). The van der Waals surface area contributed by atoms with Gasteiger partial charge in [0.1, 0.15) is 0 Å². The van der Waals surface area contributed by atoms with Gasteiger partial charge in [-0.3, -0.25) is 4.79 Å². The zero-order chi connectivity index (χ0) is 5.28. The summed E-state index contributed by atoms with van der Waals surface area (Å²) in [4.78, 5) is 10.4. The van der Waals surface area contributed by atoms with E-state index in [4.69, 9.17) is 0 Å². The van der Waals surface area contributed by atoms with E-state index in [1.165, 1.54) is 11.8 Å². The maximum Gasteiger partial charge on any atom is 0.169 e. The average molecular weight is 113 g/mol. The van der Waals surface area contributed by atoms with E-state index >= 15 is 0 Å². The Bertz CT molecular complexity index is 126. The number of Topliss-reactive ketones (excluding diaryl/α,β-unsaturated/α-hetero) is 1. The summed E-state index contributed by atoms with van der Waals surface area (Å²) in [5, 5.41) is 1.79. The van der Waals surface area contributed by atoms with Crippen molar-refractivity contribution < 1.29 is 4.79 Å². The Hall–Kier alpha value is -0.240. The van der Waals surface area contributed by atoms with E-state index in [2.05, 4.69) is 6.92 Å². The van der Waals surface area contributed by atoms with E-state index in [9.17, 15) is 4.79 Å². The van der Waals surface area contributed by atoms with Crippen LogP contribution in [0.3, 0.4) is 0 Å². The topological polar surface area (TPSA) is 17.1 Å². The van der Waals surface area contributed by atoms with E-state index < -0.39 is 0 Å². The largest absolute Gasteiger partial charge is 0.294 e. The molecule has 1 heterocycles. The first-order valence-electron chi connectivity index (χ1n) is 1.97.